The van der Waals surface area contributed by atoms with Gasteiger partial charge in [-0.3, -0.25) is 4.79 Å². The van der Waals surface area contributed by atoms with E-state index >= 15 is 0 Å². The Kier molecular flexibility index (Phi) is 5.55. The number of carbonyl (C=O) groups is 1. The number of halogens is 1. The Hall–Kier alpha value is -1.14. The topological polar surface area (TPSA) is 55.6 Å². The fourth-order valence-corrected chi connectivity index (χ4v) is 2.03. The molecule has 0 atom stereocenters. The summed E-state index contributed by atoms with van der Waals surface area (Å²) in [5.74, 6) is 0.618. The monoisotopic (exact) mass is 330 g/mol. The van der Waals surface area contributed by atoms with E-state index in [1.165, 1.54) is 0 Å². The highest BCUT2D eigenvalue weighted by molar-refractivity contribution is 9.10. The number of methoxy groups -OCH3 is 1. The SMILES string of the molecule is COc1ccc(C(=O)N(C)CCC(N)=S)cc1Br. The van der Waals surface area contributed by atoms with Gasteiger partial charge in [-0.2, -0.15) is 0 Å². The Labute approximate surface area is 120 Å². The maximum atomic E-state index is 12.1. The van der Waals surface area contributed by atoms with Crippen molar-refractivity contribution in [3.63, 3.8) is 0 Å². The molecule has 98 valence electrons. The number of hydrogen-bond acceptors (Lipinski definition) is 3. The summed E-state index contributed by atoms with van der Waals surface area (Å²) >= 11 is 8.14. The predicted molar refractivity (Wildman–Crippen MR) is 79.1 cm³/mol. The van der Waals surface area contributed by atoms with Gasteiger partial charge in [0.15, 0.2) is 0 Å². The van der Waals surface area contributed by atoms with Crippen LogP contribution in [0.1, 0.15) is 16.8 Å². The van der Waals surface area contributed by atoms with Gasteiger partial charge < -0.3 is 15.4 Å². The Bertz CT molecular complexity index is 465. The van der Waals surface area contributed by atoms with Gasteiger partial charge in [-0.05, 0) is 34.1 Å². The van der Waals surface area contributed by atoms with Gasteiger partial charge in [0.25, 0.3) is 5.91 Å². The molecule has 4 nitrogen and oxygen atoms in total. The molecule has 0 aliphatic carbocycles. The van der Waals surface area contributed by atoms with Crippen LogP contribution in [0.3, 0.4) is 0 Å². The summed E-state index contributed by atoms with van der Waals surface area (Å²) in [7, 11) is 3.30. The van der Waals surface area contributed by atoms with Crippen LogP contribution in [-0.4, -0.2) is 36.5 Å². The van der Waals surface area contributed by atoms with Crippen molar-refractivity contribution in [3.8, 4) is 5.75 Å². The van der Waals surface area contributed by atoms with Crippen LogP contribution < -0.4 is 10.5 Å². The van der Waals surface area contributed by atoms with Gasteiger partial charge in [-0.1, -0.05) is 12.2 Å². The highest BCUT2D eigenvalue weighted by Gasteiger charge is 2.13. The Morgan fingerprint density at radius 2 is 2.22 bits per heavy atom. The van der Waals surface area contributed by atoms with Gasteiger partial charge >= 0.3 is 0 Å². The quantitative estimate of drug-likeness (QED) is 0.841. The lowest BCUT2D eigenvalue weighted by atomic mass is 10.2. The normalized spacial score (nSPS) is 9.94. The molecule has 0 spiro atoms. The first-order valence-corrected chi connectivity index (χ1v) is 6.53. The van der Waals surface area contributed by atoms with Crippen LogP contribution in [0, 0.1) is 0 Å². The van der Waals surface area contributed by atoms with E-state index in [2.05, 4.69) is 15.9 Å². The van der Waals surface area contributed by atoms with Gasteiger partial charge in [0.05, 0.1) is 16.6 Å². The lowest BCUT2D eigenvalue weighted by Crippen LogP contribution is -2.30. The first-order chi connectivity index (χ1) is 8.45. The molecule has 0 aromatic heterocycles. The Balaban J connectivity index is 2.77. The van der Waals surface area contributed by atoms with Crippen LogP contribution >= 0.6 is 28.1 Å². The van der Waals surface area contributed by atoms with E-state index in [0.29, 0.717) is 29.3 Å². The smallest absolute Gasteiger partial charge is 0.253 e. The molecule has 0 aliphatic heterocycles. The summed E-state index contributed by atoms with van der Waals surface area (Å²) in [6.07, 6.45) is 0.523. The molecular formula is C12H15BrN2O2S. The molecule has 2 N–H and O–H groups in total. The number of ether oxygens (including phenoxy) is 1. The average molecular weight is 331 g/mol. The van der Waals surface area contributed by atoms with E-state index in [0.717, 1.165) is 4.47 Å². The molecule has 0 radical (unpaired) electrons. The maximum Gasteiger partial charge on any atom is 0.253 e. The summed E-state index contributed by atoms with van der Waals surface area (Å²) in [5, 5.41) is 0. The first-order valence-electron chi connectivity index (χ1n) is 5.33. The number of rotatable bonds is 5. The fraction of sp³-hybridized carbons (Fsp3) is 0.333. The molecule has 1 aromatic rings. The molecule has 1 amide bonds. The predicted octanol–water partition coefficient (Wildman–Crippen LogP) is 2.21. The van der Waals surface area contributed by atoms with Crippen molar-refractivity contribution in [3.05, 3.63) is 28.2 Å². The molecule has 0 saturated carbocycles. The molecular weight excluding hydrogens is 316 g/mol. The number of benzene rings is 1. The third-order valence-electron chi connectivity index (χ3n) is 2.44. The number of carbonyl (C=O) groups excluding carboxylic acids is 1. The molecule has 0 unspecified atom stereocenters. The zero-order chi connectivity index (χ0) is 13.7. The van der Waals surface area contributed by atoms with Crippen molar-refractivity contribution in [2.45, 2.75) is 6.42 Å². The Morgan fingerprint density at radius 1 is 1.56 bits per heavy atom. The molecule has 0 aliphatic rings. The second kappa shape index (κ2) is 6.70. The highest BCUT2D eigenvalue weighted by Crippen LogP contribution is 2.25. The van der Waals surface area contributed by atoms with E-state index in [9.17, 15) is 4.79 Å². The number of nitrogens with zero attached hydrogens (tertiary/aromatic N) is 1. The summed E-state index contributed by atoms with van der Waals surface area (Å²) in [4.78, 5) is 14.1. The van der Waals surface area contributed by atoms with E-state index in [4.69, 9.17) is 22.7 Å². The van der Waals surface area contributed by atoms with Crippen molar-refractivity contribution in [2.75, 3.05) is 20.7 Å². The summed E-state index contributed by atoms with van der Waals surface area (Å²) in [5.41, 5.74) is 6.00. The minimum atomic E-state index is -0.0744. The van der Waals surface area contributed by atoms with Crippen LogP contribution in [0.15, 0.2) is 22.7 Å². The number of nitrogens with two attached hydrogens (primary N) is 1. The number of amides is 1. The molecule has 0 fully saturated rings. The zero-order valence-corrected chi connectivity index (χ0v) is 12.7. The van der Waals surface area contributed by atoms with Crippen molar-refractivity contribution in [2.24, 2.45) is 5.73 Å². The minimum Gasteiger partial charge on any atom is -0.496 e. The molecule has 0 heterocycles. The van der Waals surface area contributed by atoms with Gasteiger partial charge in [0.1, 0.15) is 5.75 Å². The largest absolute Gasteiger partial charge is 0.496 e. The van der Waals surface area contributed by atoms with E-state index in [-0.39, 0.29) is 5.91 Å². The third-order valence-corrected chi connectivity index (χ3v) is 3.26. The summed E-state index contributed by atoms with van der Waals surface area (Å²) in [6.45, 7) is 0.512. The molecule has 1 aromatic carbocycles. The standard InChI is InChI=1S/C12H15BrN2O2S/c1-15(6-5-11(14)18)12(16)8-3-4-10(17-2)9(13)7-8/h3-4,7H,5-6H2,1-2H3,(H2,14,18). The van der Waals surface area contributed by atoms with E-state index in [1.807, 2.05) is 0 Å². The van der Waals surface area contributed by atoms with E-state index in [1.54, 1.807) is 37.3 Å². The fourth-order valence-electron chi connectivity index (χ4n) is 1.40. The molecule has 18 heavy (non-hydrogen) atoms. The van der Waals surface area contributed by atoms with Crippen molar-refractivity contribution in [1.82, 2.24) is 4.90 Å². The molecule has 0 bridgehead atoms. The zero-order valence-electron chi connectivity index (χ0n) is 10.3. The number of thiocarbonyl (C=S) groups is 1. The second-order valence-electron chi connectivity index (χ2n) is 3.79. The number of hydrogen-bond donors (Lipinski definition) is 1. The van der Waals surface area contributed by atoms with Crippen molar-refractivity contribution < 1.29 is 9.53 Å². The summed E-state index contributed by atoms with van der Waals surface area (Å²) < 4.78 is 5.86. The molecule has 6 heteroatoms. The third kappa shape index (κ3) is 3.96. The van der Waals surface area contributed by atoms with Gasteiger partial charge in [0, 0.05) is 25.6 Å². The average Bonchev–Trinajstić information content (AvgIpc) is 2.34. The summed E-state index contributed by atoms with van der Waals surface area (Å²) in [6, 6.07) is 5.21. The van der Waals surface area contributed by atoms with Crippen LogP contribution in [-0.2, 0) is 0 Å². The first kappa shape index (κ1) is 14.9. The van der Waals surface area contributed by atoms with Crippen molar-refractivity contribution in [1.29, 1.82) is 0 Å². The second-order valence-corrected chi connectivity index (χ2v) is 5.17. The van der Waals surface area contributed by atoms with Gasteiger partial charge in [-0.15, -0.1) is 0 Å². The maximum absolute atomic E-state index is 12.1. The Morgan fingerprint density at radius 3 is 2.72 bits per heavy atom. The van der Waals surface area contributed by atoms with Gasteiger partial charge in [-0.25, -0.2) is 0 Å². The molecule has 1 rings (SSSR count). The van der Waals surface area contributed by atoms with Crippen LogP contribution in [0.2, 0.25) is 0 Å². The molecule has 0 saturated heterocycles. The van der Waals surface area contributed by atoms with Gasteiger partial charge in [0.2, 0.25) is 0 Å². The van der Waals surface area contributed by atoms with Crippen molar-refractivity contribution >= 4 is 39.0 Å². The highest BCUT2D eigenvalue weighted by atomic mass is 79.9. The minimum absolute atomic E-state index is 0.0744. The van der Waals surface area contributed by atoms with Crippen LogP contribution in [0.5, 0.6) is 5.75 Å². The van der Waals surface area contributed by atoms with Crippen LogP contribution in [0.4, 0.5) is 0 Å². The van der Waals surface area contributed by atoms with E-state index < -0.39 is 0 Å². The van der Waals surface area contributed by atoms with Crippen LogP contribution in [0.25, 0.3) is 0 Å². The lowest BCUT2D eigenvalue weighted by Gasteiger charge is -2.17. The lowest BCUT2D eigenvalue weighted by molar-refractivity contribution is 0.0799.